The Kier molecular flexibility index (Phi) is 3.82. The van der Waals surface area contributed by atoms with Crippen LogP contribution in [-0.2, 0) is 0 Å². The molecule has 0 amide bonds. The highest BCUT2D eigenvalue weighted by Crippen LogP contribution is 2.29. The monoisotopic (exact) mass is 296 g/mol. The number of anilines is 2. The number of nitrogen functional groups attached to an aromatic ring is 2. The number of hydrogen-bond donors (Lipinski definition) is 2. The van der Waals surface area contributed by atoms with Gasteiger partial charge >= 0.3 is 0 Å². The van der Waals surface area contributed by atoms with E-state index in [9.17, 15) is 4.79 Å². The zero-order chi connectivity index (χ0) is 14.0. The lowest BCUT2D eigenvalue weighted by Gasteiger charge is -2.06. The smallest absolute Gasteiger partial charge is 0.197 e. The molecule has 9 heteroatoms. The summed E-state index contributed by atoms with van der Waals surface area (Å²) in [6.07, 6.45) is 0.583. The summed E-state index contributed by atoms with van der Waals surface area (Å²) in [6.45, 7) is 1.67. The normalized spacial score (nSPS) is 10.4. The van der Waals surface area contributed by atoms with Gasteiger partial charge in [-0.25, -0.2) is 19.9 Å². The fourth-order valence-electron chi connectivity index (χ4n) is 1.29. The largest absolute Gasteiger partial charge is 0.383 e. The minimum atomic E-state index is 0.0851. The van der Waals surface area contributed by atoms with Crippen molar-refractivity contribution in [3.63, 3.8) is 0 Å². The molecule has 0 fully saturated rings. The van der Waals surface area contributed by atoms with E-state index >= 15 is 0 Å². The van der Waals surface area contributed by atoms with Crippen molar-refractivity contribution in [2.45, 2.75) is 17.1 Å². The Morgan fingerprint density at radius 1 is 1.21 bits per heavy atom. The summed E-state index contributed by atoms with van der Waals surface area (Å²) >= 11 is 6.92. The van der Waals surface area contributed by atoms with E-state index in [0.29, 0.717) is 17.1 Å². The number of hydrogen-bond acceptors (Lipinski definition) is 8. The summed E-state index contributed by atoms with van der Waals surface area (Å²) in [6, 6.07) is 1.43. The van der Waals surface area contributed by atoms with Crippen LogP contribution in [0.15, 0.2) is 16.2 Å². The van der Waals surface area contributed by atoms with Gasteiger partial charge in [-0.05, 0) is 18.7 Å². The van der Waals surface area contributed by atoms with E-state index in [1.807, 2.05) is 0 Å². The topological polar surface area (TPSA) is 121 Å². The number of halogens is 1. The highest BCUT2D eigenvalue weighted by atomic mass is 35.5. The number of carbonyl (C=O) groups is 1. The zero-order valence-corrected chi connectivity index (χ0v) is 11.4. The number of rotatable bonds is 3. The van der Waals surface area contributed by atoms with E-state index in [0.717, 1.165) is 11.8 Å². The summed E-state index contributed by atoms with van der Waals surface area (Å²) < 4.78 is 0. The molecule has 2 rings (SSSR count). The molecule has 2 heterocycles. The van der Waals surface area contributed by atoms with Crippen molar-refractivity contribution in [1.29, 1.82) is 0 Å². The highest BCUT2D eigenvalue weighted by molar-refractivity contribution is 7.99. The molecular formula is C10H9ClN6OS. The predicted octanol–water partition coefficient (Wildman–Crippen LogP) is 1.36. The number of nitrogens with zero attached hydrogens (tertiary/aromatic N) is 4. The molecule has 0 aliphatic carbocycles. The Hall–Kier alpha value is -1.93. The molecule has 7 nitrogen and oxygen atoms in total. The average Bonchev–Trinajstić information content (AvgIpc) is 2.26. The second-order valence-electron chi connectivity index (χ2n) is 3.50. The Morgan fingerprint density at radius 3 is 2.42 bits per heavy atom. The average molecular weight is 297 g/mol. The van der Waals surface area contributed by atoms with Crippen molar-refractivity contribution in [3.8, 4) is 0 Å². The van der Waals surface area contributed by atoms with Gasteiger partial charge in [-0.3, -0.25) is 4.79 Å². The lowest BCUT2D eigenvalue weighted by Crippen LogP contribution is -2.02. The molecule has 0 unspecified atom stereocenters. The molecule has 19 heavy (non-hydrogen) atoms. The number of aryl methyl sites for hydroxylation is 1. The van der Waals surface area contributed by atoms with Crippen LogP contribution in [0.3, 0.4) is 0 Å². The Bertz CT molecular complexity index is 630. The van der Waals surface area contributed by atoms with Crippen LogP contribution in [0.2, 0.25) is 5.15 Å². The third-order valence-electron chi connectivity index (χ3n) is 2.03. The van der Waals surface area contributed by atoms with Gasteiger partial charge in [0.15, 0.2) is 11.4 Å². The number of nitrogens with two attached hydrogens (primary N) is 2. The highest BCUT2D eigenvalue weighted by Gasteiger charge is 2.14. The van der Waals surface area contributed by atoms with Gasteiger partial charge in [0.05, 0.1) is 5.56 Å². The molecule has 98 valence electrons. The molecule has 0 aliphatic rings. The molecule has 0 spiro atoms. The molecule has 0 saturated heterocycles. The summed E-state index contributed by atoms with van der Waals surface area (Å²) in [5.41, 5.74) is 11.3. The van der Waals surface area contributed by atoms with Gasteiger partial charge < -0.3 is 11.5 Å². The fraction of sp³-hybridized carbons (Fsp3) is 0.100. The molecular weight excluding hydrogens is 288 g/mol. The molecule has 2 aromatic heterocycles. The lowest BCUT2D eigenvalue weighted by molar-refractivity contribution is 0.112. The maximum Gasteiger partial charge on any atom is 0.197 e. The van der Waals surface area contributed by atoms with Crippen LogP contribution >= 0.6 is 23.4 Å². The Morgan fingerprint density at radius 2 is 1.84 bits per heavy atom. The van der Waals surface area contributed by atoms with Crippen LogP contribution in [0.4, 0.5) is 11.6 Å². The van der Waals surface area contributed by atoms with Crippen LogP contribution in [0.1, 0.15) is 16.2 Å². The van der Waals surface area contributed by atoms with Gasteiger partial charge in [-0.1, -0.05) is 11.6 Å². The molecule has 0 aliphatic heterocycles. The van der Waals surface area contributed by atoms with Crippen LogP contribution < -0.4 is 11.5 Å². The summed E-state index contributed by atoms with van der Waals surface area (Å²) in [7, 11) is 0. The maximum atomic E-state index is 11.0. The third kappa shape index (κ3) is 3.09. The first-order valence-corrected chi connectivity index (χ1v) is 6.26. The first-order chi connectivity index (χ1) is 8.99. The number of aldehydes is 1. The van der Waals surface area contributed by atoms with E-state index < -0.39 is 0 Å². The van der Waals surface area contributed by atoms with Gasteiger partial charge in [0.1, 0.15) is 27.6 Å². The van der Waals surface area contributed by atoms with Gasteiger partial charge in [-0.2, -0.15) is 0 Å². The second kappa shape index (κ2) is 5.37. The summed E-state index contributed by atoms with van der Waals surface area (Å²) in [5.74, 6) is 0.911. The first kappa shape index (κ1) is 13.5. The zero-order valence-electron chi connectivity index (χ0n) is 9.79. The number of aromatic nitrogens is 4. The first-order valence-electron chi connectivity index (χ1n) is 5.07. The molecule has 0 saturated carbocycles. The van der Waals surface area contributed by atoms with Crippen molar-refractivity contribution in [2.75, 3.05) is 11.5 Å². The van der Waals surface area contributed by atoms with Gasteiger partial charge in [-0.15, -0.1) is 0 Å². The van der Waals surface area contributed by atoms with E-state index in [1.165, 1.54) is 6.07 Å². The van der Waals surface area contributed by atoms with E-state index in [1.54, 1.807) is 6.92 Å². The maximum absolute atomic E-state index is 11.0. The van der Waals surface area contributed by atoms with Crippen molar-refractivity contribution in [2.24, 2.45) is 0 Å². The fourth-order valence-corrected chi connectivity index (χ4v) is 2.51. The molecule has 0 aromatic carbocycles. The lowest BCUT2D eigenvalue weighted by atomic mass is 10.4. The van der Waals surface area contributed by atoms with Crippen LogP contribution in [0, 0.1) is 6.92 Å². The van der Waals surface area contributed by atoms with Crippen molar-refractivity contribution in [3.05, 3.63) is 22.6 Å². The summed E-state index contributed by atoms with van der Waals surface area (Å²) in [5, 5.41) is 0.731. The van der Waals surface area contributed by atoms with Gasteiger partial charge in [0.2, 0.25) is 0 Å². The molecule has 2 aromatic rings. The molecule has 4 N–H and O–H groups in total. The number of carbonyl (C=O) groups excluding carboxylic acids is 1. The van der Waals surface area contributed by atoms with E-state index in [4.69, 9.17) is 23.1 Å². The minimum absolute atomic E-state index is 0.0851. The van der Waals surface area contributed by atoms with E-state index in [-0.39, 0.29) is 27.5 Å². The molecule has 0 bridgehead atoms. The van der Waals surface area contributed by atoms with Gasteiger partial charge in [0, 0.05) is 6.07 Å². The quantitative estimate of drug-likeness (QED) is 0.494. The molecule has 0 atom stereocenters. The molecule has 0 radical (unpaired) electrons. The minimum Gasteiger partial charge on any atom is -0.383 e. The van der Waals surface area contributed by atoms with Crippen LogP contribution in [0.5, 0.6) is 0 Å². The van der Waals surface area contributed by atoms with Crippen molar-refractivity contribution < 1.29 is 4.79 Å². The van der Waals surface area contributed by atoms with E-state index in [2.05, 4.69) is 19.9 Å². The Labute approximate surface area is 117 Å². The predicted molar refractivity (Wildman–Crippen MR) is 72.1 cm³/mol. The van der Waals surface area contributed by atoms with Crippen molar-refractivity contribution >= 4 is 41.3 Å². The standard InChI is InChI=1S/C10H9ClN6OS/c1-4-14-8(11)5(3-18)9(15-4)19-10-16-6(12)2-7(13)17-10/h2-3H,1H3,(H4,12,13,16,17). The van der Waals surface area contributed by atoms with Crippen molar-refractivity contribution in [1.82, 2.24) is 19.9 Å². The SMILES string of the molecule is Cc1nc(Cl)c(C=O)c(Sc2nc(N)cc(N)n2)n1. The van der Waals surface area contributed by atoms with Crippen LogP contribution in [-0.4, -0.2) is 26.2 Å². The summed E-state index contributed by atoms with van der Waals surface area (Å²) in [4.78, 5) is 27.0. The second-order valence-corrected chi connectivity index (χ2v) is 4.81. The Balaban J connectivity index is 2.45. The van der Waals surface area contributed by atoms with Gasteiger partial charge in [0.25, 0.3) is 0 Å². The third-order valence-corrected chi connectivity index (χ3v) is 3.18. The van der Waals surface area contributed by atoms with Crippen LogP contribution in [0.25, 0.3) is 0 Å².